The molecule has 9 heteroatoms. The highest BCUT2D eigenvalue weighted by Crippen LogP contribution is 2.34. The maximum atomic E-state index is 11.9. The molecule has 1 rings (SSSR count). The Bertz CT molecular complexity index is 651. The molecule has 8 nitrogen and oxygen atoms in total. The van der Waals surface area contributed by atoms with E-state index >= 15 is 0 Å². The van der Waals surface area contributed by atoms with Gasteiger partial charge in [0.25, 0.3) is 0 Å². The highest BCUT2D eigenvalue weighted by atomic mass is 32.2. The predicted molar refractivity (Wildman–Crippen MR) is 67.8 cm³/mol. The minimum atomic E-state index is -4.05. The molecular formula is C11H13NO7S. The molecule has 3 N–H and O–H groups in total. The molecule has 0 bridgehead atoms. The number of sulfone groups is 1. The third kappa shape index (κ3) is 3.18. The van der Waals surface area contributed by atoms with Crippen LogP contribution in [0.2, 0.25) is 0 Å². The highest BCUT2D eigenvalue weighted by molar-refractivity contribution is 7.92. The van der Waals surface area contributed by atoms with Gasteiger partial charge in [-0.3, -0.25) is 4.79 Å². The number of nitrogens with two attached hydrogens (primary N) is 1. The number of primary amides is 1. The summed E-state index contributed by atoms with van der Waals surface area (Å²) >= 11 is 0. The topological polar surface area (TPSA) is 133 Å². The van der Waals surface area contributed by atoms with Crippen LogP contribution < -0.4 is 15.2 Å². The van der Waals surface area contributed by atoms with Gasteiger partial charge in [0, 0.05) is 6.07 Å². The molecule has 0 heterocycles. The number of aromatic carboxylic acids is 1. The summed E-state index contributed by atoms with van der Waals surface area (Å²) in [4.78, 5) is 21.5. The Balaban J connectivity index is 3.55. The number of carbonyl (C=O) groups is 2. The Morgan fingerprint density at radius 3 is 2.25 bits per heavy atom. The van der Waals surface area contributed by atoms with E-state index in [9.17, 15) is 18.0 Å². The Kier molecular flexibility index (Phi) is 4.56. The third-order valence-electron chi connectivity index (χ3n) is 2.37. The van der Waals surface area contributed by atoms with Crippen molar-refractivity contribution in [1.82, 2.24) is 0 Å². The summed E-state index contributed by atoms with van der Waals surface area (Å²) in [5.41, 5.74) is 4.46. The summed E-state index contributed by atoms with van der Waals surface area (Å²) in [6.45, 7) is 0. The summed E-state index contributed by atoms with van der Waals surface area (Å²) in [5.74, 6) is -3.55. The van der Waals surface area contributed by atoms with Crippen molar-refractivity contribution in [3.05, 3.63) is 17.7 Å². The minimum absolute atomic E-state index is 0.0737. The standard InChI is InChI=1S/C11H13NO7S/c1-18-8-4-6(20(16,17)5-9(12)13)3-7(11(14)15)10(8)19-2/h3-4H,5H2,1-2H3,(H2,12,13)(H,14,15). The van der Waals surface area contributed by atoms with E-state index in [1.54, 1.807) is 0 Å². The average Bonchev–Trinajstić information content (AvgIpc) is 2.35. The van der Waals surface area contributed by atoms with E-state index in [1.165, 1.54) is 14.2 Å². The lowest BCUT2D eigenvalue weighted by Gasteiger charge is -2.12. The summed E-state index contributed by atoms with van der Waals surface area (Å²) in [7, 11) is -1.59. The molecule has 0 atom stereocenters. The molecule has 0 aliphatic rings. The quantitative estimate of drug-likeness (QED) is 0.734. The maximum Gasteiger partial charge on any atom is 0.339 e. The van der Waals surface area contributed by atoms with E-state index in [1.807, 2.05) is 0 Å². The molecule has 0 aliphatic carbocycles. The summed E-state index contributed by atoms with van der Waals surface area (Å²) < 4.78 is 33.6. The van der Waals surface area contributed by atoms with Gasteiger partial charge in [-0.05, 0) is 6.07 Å². The van der Waals surface area contributed by atoms with E-state index in [2.05, 4.69) is 0 Å². The fraction of sp³-hybridized carbons (Fsp3) is 0.273. The molecule has 0 saturated heterocycles. The van der Waals surface area contributed by atoms with E-state index in [0.29, 0.717) is 0 Å². The van der Waals surface area contributed by atoms with E-state index < -0.39 is 33.0 Å². The fourth-order valence-electron chi connectivity index (χ4n) is 1.55. The first kappa shape index (κ1) is 15.8. The van der Waals surface area contributed by atoms with Crippen LogP contribution in [0, 0.1) is 0 Å². The van der Waals surface area contributed by atoms with E-state index in [-0.39, 0.29) is 16.4 Å². The van der Waals surface area contributed by atoms with Crippen molar-refractivity contribution in [2.24, 2.45) is 5.73 Å². The van der Waals surface area contributed by atoms with Gasteiger partial charge >= 0.3 is 5.97 Å². The number of amides is 1. The molecule has 0 aromatic heterocycles. The molecule has 20 heavy (non-hydrogen) atoms. The van der Waals surface area contributed by atoms with Crippen LogP contribution in [0.3, 0.4) is 0 Å². The van der Waals surface area contributed by atoms with Gasteiger partial charge < -0.3 is 20.3 Å². The van der Waals surface area contributed by atoms with Crippen molar-refractivity contribution in [3.63, 3.8) is 0 Å². The van der Waals surface area contributed by atoms with E-state index in [4.69, 9.17) is 20.3 Å². The van der Waals surface area contributed by atoms with Gasteiger partial charge in [0.15, 0.2) is 21.3 Å². The van der Waals surface area contributed by atoms with Crippen molar-refractivity contribution < 1.29 is 32.6 Å². The number of methoxy groups -OCH3 is 2. The molecule has 0 spiro atoms. The lowest BCUT2D eigenvalue weighted by atomic mass is 10.2. The molecule has 0 radical (unpaired) electrons. The Hall–Kier alpha value is -2.29. The number of hydrogen-bond donors (Lipinski definition) is 2. The van der Waals surface area contributed by atoms with Gasteiger partial charge in [0.2, 0.25) is 5.91 Å². The zero-order chi connectivity index (χ0) is 15.5. The van der Waals surface area contributed by atoms with Gasteiger partial charge in [-0.15, -0.1) is 0 Å². The molecule has 1 amide bonds. The van der Waals surface area contributed by atoms with Crippen molar-refractivity contribution in [2.45, 2.75) is 4.90 Å². The number of benzene rings is 1. The number of carboxylic acids is 1. The van der Waals surface area contributed by atoms with Gasteiger partial charge in [-0.25, -0.2) is 13.2 Å². The third-order valence-corrected chi connectivity index (χ3v) is 3.99. The number of carboxylic acid groups (broad SMARTS) is 1. The lowest BCUT2D eigenvalue weighted by molar-refractivity contribution is -0.115. The number of ether oxygens (including phenoxy) is 2. The molecule has 0 saturated carbocycles. The van der Waals surface area contributed by atoms with Crippen LogP contribution in [0.1, 0.15) is 10.4 Å². The first-order chi connectivity index (χ1) is 9.22. The molecule has 1 aromatic carbocycles. The molecular weight excluding hydrogens is 290 g/mol. The second kappa shape index (κ2) is 5.78. The number of hydrogen-bond acceptors (Lipinski definition) is 6. The minimum Gasteiger partial charge on any atom is -0.493 e. The smallest absolute Gasteiger partial charge is 0.339 e. The molecule has 110 valence electrons. The average molecular weight is 303 g/mol. The van der Waals surface area contributed by atoms with E-state index in [0.717, 1.165) is 12.1 Å². The monoisotopic (exact) mass is 303 g/mol. The summed E-state index contributed by atoms with van der Waals surface area (Å²) in [5, 5.41) is 9.07. The maximum absolute atomic E-state index is 11.9. The van der Waals surface area contributed by atoms with Crippen molar-refractivity contribution in [2.75, 3.05) is 20.0 Å². The van der Waals surface area contributed by atoms with Crippen molar-refractivity contribution in [3.8, 4) is 11.5 Å². The normalized spacial score (nSPS) is 10.9. The van der Waals surface area contributed by atoms with Crippen molar-refractivity contribution >= 4 is 21.7 Å². The highest BCUT2D eigenvalue weighted by Gasteiger charge is 2.25. The van der Waals surface area contributed by atoms with Gasteiger partial charge in [-0.1, -0.05) is 0 Å². The van der Waals surface area contributed by atoms with Crippen LogP contribution in [0.15, 0.2) is 17.0 Å². The molecule has 0 unspecified atom stereocenters. The Morgan fingerprint density at radius 2 is 1.85 bits per heavy atom. The number of rotatable bonds is 6. The van der Waals surface area contributed by atoms with Crippen LogP contribution in [-0.4, -0.2) is 45.4 Å². The van der Waals surface area contributed by atoms with Crippen LogP contribution in [0.5, 0.6) is 11.5 Å². The zero-order valence-corrected chi connectivity index (χ0v) is 11.6. The molecule has 0 aliphatic heterocycles. The second-order valence-electron chi connectivity index (χ2n) is 3.74. The molecule has 1 aromatic rings. The second-order valence-corrected chi connectivity index (χ2v) is 5.73. The molecule has 0 fully saturated rings. The fourth-order valence-corrected chi connectivity index (χ4v) is 2.67. The van der Waals surface area contributed by atoms with Crippen LogP contribution in [-0.2, 0) is 14.6 Å². The lowest BCUT2D eigenvalue weighted by Crippen LogP contribution is -2.23. The first-order valence-electron chi connectivity index (χ1n) is 5.23. The van der Waals surface area contributed by atoms with Gasteiger partial charge in [0.1, 0.15) is 11.3 Å². The summed E-state index contributed by atoms with van der Waals surface area (Å²) in [6, 6.07) is 1.96. The van der Waals surface area contributed by atoms with Gasteiger partial charge in [-0.2, -0.15) is 0 Å². The Morgan fingerprint density at radius 1 is 1.25 bits per heavy atom. The number of carbonyl (C=O) groups excluding carboxylic acids is 1. The largest absolute Gasteiger partial charge is 0.493 e. The predicted octanol–water partition coefficient (Wildman–Crippen LogP) is -0.339. The van der Waals surface area contributed by atoms with Gasteiger partial charge in [0.05, 0.1) is 19.1 Å². The van der Waals surface area contributed by atoms with Crippen LogP contribution in [0.25, 0.3) is 0 Å². The van der Waals surface area contributed by atoms with Crippen LogP contribution >= 0.6 is 0 Å². The summed E-state index contributed by atoms with van der Waals surface area (Å²) in [6.07, 6.45) is 0. The van der Waals surface area contributed by atoms with Crippen molar-refractivity contribution in [1.29, 1.82) is 0 Å². The Labute approximate surface area is 115 Å². The first-order valence-corrected chi connectivity index (χ1v) is 6.88. The van der Waals surface area contributed by atoms with Crippen LogP contribution in [0.4, 0.5) is 0 Å². The SMILES string of the molecule is COc1cc(S(=O)(=O)CC(N)=O)cc(C(=O)O)c1OC. The zero-order valence-electron chi connectivity index (χ0n) is 10.7.